The summed E-state index contributed by atoms with van der Waals surface area (Å²) in [5.41, 5.74) is 0.228. The van der Waals surface area contributed by atoms with Crippen molar-refractivity contribution in [3.05, 3.63) is 34.6 Å². The van der Waals surface area contributed by atoms with Crippen molar-refractivity contribution in [3.63, 3.8) is 0 Å². The zero-order chi connectivity index (χ0) is 15.1. The highest BCUT2D eigenvalue weighted by molar-refractivity contribution is 6.33. The summed E-state index contributed by atoms with van der Waals surface area (Å²) >= 11 is 5.78. The Morgan fingerprint density at radius 3 is 2.70 bits per heavy atom. The van der Waals surface area contributed by atoms with Crippen LogP contribution in [0.2, 0.25) is 5.02 Å². The number of carbonyl (C=O) groups excluding carboxylic acids is 1. The van der Waals surface area contributed by atoms with Gasteiger partial charge in [-0.1, -0.05) is 18.5 Å². The summed E-state index contributed by atoms with van der Waals surface area (Å²) in [4.78, 5) is 22.2. The Labute approximate surface area is 121 Å². The molecule has 0 radical (unpaired) electrons. The van der Waals surface area contributed by atoms with Gasteiger partial charge in [0.25, 0.3) is 5.91 Å². The summed E-state index contributed by atoms with van der Waals surface area (Å²) in [6.45, 7) is 2.35. The highest BCUT2D eigenvalue weighted by Crippen LogP contribution is 2.17. The smallest absolute Gasteiger partial charge is 0.303 e. The molecule has 1 amide bonds. The molecule has 0 saturated carbocycles. The SMILES string of the molecule is CC(CCNC(=O)c1ccc(F)cc1Cl)CCC(=O)O. The van der Waals surface area contributed by atoms with E-state index in [1.165, 1.54) is 12.1 Å². The van der Waals surface area contributed by atoms with Crippen LogP contribution in [0.15, 0.2) is 18.2 Å². The molecule has 1 rings (SSSR count). The lowest BCUT2D eigenvalue weighted by Gasteiger charge is -2.11. The number of rotatable bonds is 7. The number of benzene rings is 1. The van der Waals surface area contributed by atoms with Crippen LogP contribution in [0.4, 0.5) is 4.39 Å². The van der Waals surface area contributed by atoms with E-state index in [4.69, 9.17) is 16.7 Å². The molecule has 0 spiro atoms. The van der Waals surface area contributed by atoms with Crippen LogP contribution in [-0.2, 0) is 4.79 Å². The maximum absolute atomic E-state index is 12.9. The van der Waals surface area contributed by atoms with E-state index in [0.717, 1.165) is 6.07 Å². The van der Waals surface area contributed by atoms with Crippen molar-refractivity contribution in [2.45, 2.75) is 26.2 Å². The molecule has 2 N–H and O–H groups in total. The molecule has 0 aliphatic heterocycles. The number of halogens is 2. The van der Waals surface area contributed by atoms with Gasteiger partial charge in [-0.15, -0.1) is 0 Å². The first-order chi connectivity index (χ1) is 9.40. The fraction of sp³-hybridized carbons (Fsp3) is 0.429. The number of amides is 1. The predicted octanol–water partition coefficient (Wildman–Crippen LogP) is 3.10. The van der Waals surface area contributed by atoms with Crippen molar-refractivity contribution in [2.75, 3.05) is 6.54 Å². The first-order valence-electron chi connectivity index (χ1n) is 6.35. The fourth-order valence-electron chi connectivity index (χ4n) is 1.72. The third kappa shape index (κ3) is 5.57. The molecular weight excluding hydrogens is 285 g/mol. The largest absolute Gasteiger partial charge is 0.481 e. The van der Waals surface area contributed by atoms with Crippen LogP contribution in [0.3, 0.4) is 0 Å². The second-order valence-corrected chi connectivity index (χ2v) is 5.11. The normalized spacial score (nSPS) is 11.9. The summed E-state index contributed by atoms with van der Waals surface area (Å²) in [6.07, 6.45) is 1.37. The van der Waals surface area contributed by atoms with E-state index < -0.39 is 11.8 Å². The maximum atomic E-state index is 12.9. The third-order valence-corrected chi connectivity index (χ3v) is 3.26. The van der Waals surface area contributed by atoms with Crippen molar-refractivity contribution in [1.82, 2.24) is 5.32 Å². The van der Waals surface area contributed by atoms with E-state index in [1.54, 1.807) is 0 Å². The highest BCUT2D eigenvalue weighted by Gasteiger charge is 2.11. The molecule has 0 aromatic heterocycles. The van der Waals surface area contributed by atoms with Crippen molar-refractivity contribution in [1.29, 1.82) is 0 Å². The molecule has 1 unspecified atom stereocenters. The minimum absolute atomic E-state index is 0.0708. The van der Waals surface area contributed by atoms with Crippen molar-refractivity contribution in [3.8, 4) is 0 Å². The number of carbonyl (C=O) groups is 2. The molecule has 20 heavy (non-hydrogen) atoms. The molecule has 1 aromatic carbocycles. The summed E-state index contributed by atoms with van der Waals surface area (Å²) in [6, 6.07) is 3.60. The number of hydrogen-bond acceptors (Lipinski definition) is 2. The van der Waals surface area contributed by atoms with Crippen LogP contribution < -0.4 is 5.32 Å². The minimum atomic E-state index is -0.820. The van der Waals surface area contributed by atoms with Crippen LogP contribution in [0.1, 0.15) is 36.5 Å². The zero-order valence-corrected chi connectivity index (χ0v) is 11.9. The molecule has 0 bridgehead atoms. The average molecular weight is 302 g/mol. The van der Waals surface area contributed by atoms with Gasteiger partial charge < -0.3 is 10.4 Å². The molecule has 0 saturated heterocycles. The standard InChI is InChI=1S/C14H17ClFNO3/c1-9(2-5-13(18)19)6-7-17-14(20)11-4-3-10(16)8-12(11)15/h3-4,8-9H,2,5-7H2,1H3,(H,17,20)(H,18,19). The summed E-state index contributed by atoms with van der Waals surface area (Å²) in [5, 5.41) is 11.3. The van der Waals surface area contributed by atoms with Gasteiger partial charge in [0, 0.05) is 13.0 Å². The molecule has 0 aliphatic carbocycles. The Bertz CT molecular complexity index is 493. The summed E-state index contributed by atoms with van der Waals surface area (Å²) in [5.74, 6) is -1.47. The van der Waals surface area contributed by atoms with Crippen LogP contribution in [0.25, 0.3) is 0 Å². The number of carboxylic acids is 1. The van der Waals surface area contributed by atoms with Crippen LogP contribution in [0.5, 0.6) is 0 Å². The predicted molar refractivity (Wildman–Crippen MR) is 74.4 cm³/mol. The molecule has 4 nitrogen and oxygen atoms in total. The van der Waals surface area contributed by atoms with Crippen molar-refractivity contribution >= 4 is 23.5 Å². The Morgan fingerprint density at radius 2 is 2.10 bits per heavy atom. The highest BCUT2D eigenvalue weighted by atomic mass is 35.5. The monoisotopic (exact) mass is 301 g/mol. The fourth-order valence-corrected chi connectivity index (χ4v) is 1.97. The second-order valence-electron chi connectivity index (χ2n) is 4.71. The van der Waals surface area contributed by atoms with E-state index in [2.05, 4.69) is 5.32 Å². The first kappa shape index (κ1) is 16.4. The Kier molecular flexibility index (Phi) is 6.45. The summed E-state index contributed by atoms with van der Waals surface area (Å²) < 4.78 is 12.9. The number of aliphatic carboxylic acids is 1. The van der Waals surface area contributed by atoms with Gasteiger partial charge in [-0.25, -0.2) is 4.39 Å². The second kappa shape index (κ2) is 7.85. The molecule has 0 heterocycles. The topological polar surface area (TPSA) is 66.4 Å². The molecule has 110 valence electrons. The van der Waals surface area contributed by atoms with Gasteiger partial charge in [0.1, 0.15) is 5.82 Å². The van der Waals surface area contributed by atoms with E-state index in [-0.39, 0.29) is 28.8 Å². The van der Waals surface area contributed by atoms with E-state index in [9.17, 15) is 14.0 Å². The average Bonchev–Trinajstić information content (AvgIpc) is 2.36. The third-order valence-electron chi connectivity index (χ3n) is 2.95. The Balaban J connectivity index is 2.38. The van der Waals surface area contributed by atoms with Crippen LogP contribution >= 0.6 is 11.6 Å². The van der Waals surface area contributed by atoms with Gasteiger partial charge in [0.15, 0.2) is 0 Å². The van der Waals surface area contributed by atoms with Gasteiger partial charge in [-0.2, -0.15) is 0 Å². The Hall–Kier alpha value is -1.62. The quantitative estimate of drug-likeness (QED) is 0.813. The van der Waals surface area contributed by atoms with Crippen LogP contribution in [0, 0.1) is 11.7 Å². The van der Waals surface area contributed by atoms with E-state index in [1.807, 2.05) is 6.92 Å². The van der Waals surface area contributed by atoms with Gasteiger partial charge in [-0.05, 0) is 37.0 Å². The van der Waals surface area contributed by atoms with Gasteiger partial charge in [0.05, 0.1) is 10.6 Å². The molecule has 0 fully saturated rings. The van der Waals surface area contributed by atoms with Gasteiger partial charge in [0.2, 0.25) is 0 Å². The molecule has 1 aromatic rings. The summed E-state index contributed by atoms with van der Waals surface area (Å²) in [7, 11) is 0. The lowest BCUT2D eigenvalue weighted by atomic mass is 10.0. The molecule has 0 aliphatic rings. The number of hydrogen-bond donors (Lipinski definition) is 2. The van der Waals surface area contributed by atoms with Crippen LogP contribution in [-0.4, -0.2) is 23.5 Å². The van der Waals surface area contributed by atoms with Gasteiger partial charge >= 0.3 is 5.97 Å². The van der Waals surface area contributed by atoms with E-state index >= 15 is 0 Å². The maximum Gasteiger partial charge on any atom is 0.303 e. The number of nitrogens with one attached hydrogen (secondary N) is 1. The van der Waals surface area contributed by atoms with Gasteiger partial charge in [-0.3, -0.25) is 9.59 Å². The van der Waals surface area contributed by atoms with Crippen molar-refractivity contribution < 1.29 is 19.1 Å². The Morgan fingerprint density at radius 1 is 1.40 bits per heavy atom. The lowest BCUT2D eigenvalue weighted by molar-refractivity contribution is -0.137. The van der Waals surface area contributed by atoms with E-state index in [0.29, 0.717) is 19.4 Å². The van der Waals surface area contributed by atoms with Crippen molar-refractivity contribution in [2.24, 2.45) is 5.92 Å². The molecule has 1 atom stereocenters. The first-order valence-corrected chi connectivity index (χ1v) is 6.73. The minimum Gasteiger partial charge on any atom is -0.481 e. The number of carboxylic acid groups (broad SMARTS) is 1. The molecule has 6 heteroatoms. The lowest BCUT2D eigenvalue weighted by Crippen LogP contribution is -2.26. The molecular formula is C14H17ClFNO3. The zero-order valence-electron chi connectivity index (χ0n) is 11.2.